The molecule has 0 aliphatic carbocycles. The Morgan fingerprint density at radius 2 is 1.72 bits per heavy atom. The predicted molar refractivity (Wildman–Crippen MR) is 91.4 cm³/mol. The van der Waals surface area contributed by atoms with Crippen molar-refractivity contribution in [3.05, 3.63) is 66.6 Å². The van der Waals surface area contributed by atoms with Crippen molar-refractivity contribution < 1.29 is 8.78 Å². The summed E-state index contributed by atoms with van der Waals surface area (Å²) in [4.78, 5) is 8.87. The average molecular weight is 337 g/mol. The lowest BCUT2D eigenvalue weighted by atomic mass is 10.1. The van der Waals surface area contributed by atoms with Crippen LogP contribution in [-0.4, -0.2) is 19.7 Å². The van der Waals surface area contributed by atoms with Crippen molar-refractivity contribution in [1.29, 1.82) is 0 Å². The molecule has 4 aromatic rings. The fourth-order valence-corrected chi connectivity index (χ4v) is 2.58. The summed E-state index contributed by atoms with van der Waals surface area (Å²) < 4.78 is 28.3. The van der Waals surface area contributed by atoms with Crippen molar-refractivity contribution in [2.75, 3.05) is 5.32 Å². The minimum atomic E-state index is -0.649. The summed E-state index contributed by atoms with van der Waals surface area (Å²) in [6, 6.07) is 8.65. The van der Waals surface area contributed by atoms with Crippen LogP contribution in [0.4, 0.5) is 20.3 Å². The van der Waals surface area contributed by atoms with Crippen LogP contribution < -0.4 is 5.32 Å². The van der Waals surface area contributed by atoms with Gasteiger partial charge in [0.15, 0.2) is 0 Å². The van der Waals surface area contributed by atoms with Crippen LogP contribution >= 0.6 is 0 Å². The largest absolute Gasteiger partial charge is 0.340 e. The number of hydrogen-bond acceptors (Lipinski definition) is 4. The quantitative estimate of drug-likeness (QED) is 0.613. The van der Waals surface area contributed by atoms with Crippen molar-refractivity contribution in [2.24, 2.45) is 7.05 Å². The third-order valence-electron chi connectivity index (χ3n) is 3.71. The first-order valence-electron chi connectivity index (χ1n) is 7.56. The van der Waals surface area contributed by atoms with E-state index < -0.39 is 11.6 Å². The molecule has 3 aromatic heterocycles. The molecule has 7 heteroatoms. The molecule has 0 aliphatic heterocycles. The average Bonchev–Trinajstić information content (AvgIpc) is 3.00. The molecule has 1 aromatic carbocycles. The molecule has 0 radical (unpaired) electrons. The van der Waals surface area contributed by atoms with Crippen molar-refractivity contribution in [3.8, 4) is 11.1 Å². The number of benzene rings is 1. The molecule has 0 bridgehead atoms. The highest BCUT2D eigenvalue weighted by Crippen LogP contribution is 2.24. The molecule has 0 fully saturated rings. The van der Waals surface area contributed by atoms with Crippen LogP contribution in [0.5, 0.6) is 0 Å². The van der Waals surface area contributed by atoms with E-state index in [1.54, 1.807) is 29.2 Å². The van der Waals surface area contributed by atoms with E-state index in [4.69, 9.17) is 0 Å². The maximum absolute atomic E-state index is 13.3. The summed E-state index contributed by atoms with van der Waals surface area (Å²) in [5, 5.41) is 7.05. The summed E-state index contributed by atoms with van der Waals surface area (Å²) in [6.07, 6.45) is 5.40. The van der Waals surface area contributed by atoms with E-state index in [1.807, 2.05) is 19.3 Å². The van der Waals surface area contributed by atoms with Gasteiger partial charge in [-0.2, -0.15) is 5.10 Å². The van der Waals surface area contributed by atoms with Gasteiger partial charge in [-0.05, 0) is 30.3 Å². The number of halogens is 2. The highest BCUT2D eigenvalue weighted by Gasteiger charge is 2.06. The fraction of sp³-hybridized carbons (Fsp3) is 0.0556. The zero-order valence-corrected chi connectivity index (χ0v) is 13.2. The van der Waals surface area contributed by atoms with Crippen LogP contribution in [0, 0.1) is 11.6 Å². The molecule has 0 saturated carbocycles. The smallest absolute Gasteiger partial charge is 0.131 e. The molecule has 0 saturated heterocycles. The zero-order valence-electron chi connectivity index (χ0n) is 13.2. The van der Waals surface area contributed by atoms with Gasteiger partial charge in [0.1, 0.15) is 17.5 Å². The first-order chi connectivity index (χ1) is 12.1. The summed E-state index contributed by atoms with van der Waals surface area (Å²) in [5.74, 6) is -0.824. The van der Waals surface area contributed by atoms with Crippen molar-refractivity contribution >= 4 is 22.5 Å². The summed E-state index contributed by atoms with van der Waals surface area (Å²) in [7, 11) is 1.84. The van der Waals surface area contributed by atoms with Gasteiger partial charge in [-0.1, -0.05) is 0 Å². The lowest BCUT2D eigenvalue weighted by Gasteiger charge is -2.07. The van der Waals surface area contributed by atoms with Gasteiger partial charge in [0, 0.05) is 42.3 Å². The van der Waals surface area contributed by atoms with Gasteiger partial charge in [0.25, 0.3) is 0 Å². The third kappa shape index (κ3) is 3.16. The molecule has 1 N–H and O–H groups in total. The number of rotatable bonds is 3. The first-order valence-corrected chi connectivity index (χ1v) is 7.56. The van der Waals surface area contributed by atoms with E-state index in [9.17, 15) is 8.78 Å². The van der Waals surface area contributed by atoms with Crippen LogP contribution in [-0.2, 0) is 7.05 Å². The minimum absolute atomic E-state index is 0.292. The lowest BCUT2D eigenvalue weighted by Crippen LogP contribution is -1.96. The molecule has 0 spiro atoms. The van der Waals surface area contributed by atoms with Gasteiger partial charge in [-0.15, -0.1) is 0 Å². The zero-order chi connectivity index (χ0) is 17.4. The van der Waals surface area contributed by atoms with E-state index in [0.717, 1.165) is 22.7 Å². The van der Waals surface area contributed by atoms with Crippen LogP contribution in [0.2, 0.25) is 0 Å². The summed E-state index contributed by atoms with van der Waals surface area (Å²) >= 11 is 0. The monoisotopic (exact) mass is 337 g/mol. The first kappa shape index (κ1) is 15.2. The highest BCUT2D eigenvalue weighted by molar-refractivity contribution is 5.81. The van der Waals surface area contributed by atoms with Gasteiger partial charge in [-0.25, -0.2) is 13.8 Å². The van der Waals surface area contributed by atoms with E-state index >= 15 is 0 Å². The van der Waals surface area contributed by atoms with Crippen LogP contribution in [0.1, 0.15) is 0 Å². The SMILES string of the molecule is Cn1cc(-c2cnc3ccc(Nc4cc(F)cc(F)c4)nc3c2)cn1. The predicted octanol–water partition coefficient (Wildman–Crippen LogP) is 4.05. The fourth-order valence-electron chi connectivity index (χ4n) is 2.58. The Bertz CT molecular complexity index is 1050. The second kappa shape index (κ2) is 5.94. The molecule has 25 heavy (non-hydrogen) atoms. The van der Waals surface area contributed by atoms with E-state index in [1.165, 1.54) is 12.1 Å². The Morgan fingerprint density at radius 3 is 2.44 bits per heavy atom. The molecule has 0 amide bonds. The Kier molecular flexibility index (Phi) is 3.61. The van der Waals surface area contributed by atoms with E-state index in [0.29, 0.717) is 17.0 Å². The Hall–Kier alpha value is -3.35. The van der Waals surface area contributed by atoms with Gasteiger partial charge in [0.05, 0.1) is 17.2 Å². The molecular formula is C18H13F2N5. The van der Waals surface area contributed by atoms with E-state index in [2.05, 4.69) is 20.4 Å². The van der Waals surface area contributed by atoms with Crippen LogP contribution in [0.15, 0.2) is 55.0 Å². The number of aryl methyl sites for hydroxylation is 1. The number of fused-ring (bicyclic) bond motifs is 1. The molecule has 0 aliphatic rings. The van der Waals surface area contributed by atoms with Gasteiger partial charge in [0.2, 0.25) is 0 Å². The Morgan fingerprint density at radius 1 is 0.920 bits per heavy atom. The molecule has 4 rings (SSSR count). The third-order valence-corrected chi connectivity index (χ3v) is 3.71. The van der Waals surface area contributed by atoms with Crippen molar-refractivity contribution in [1.82, 2.24) is 19.7 Å². The molecule has 124 valence electrons. The van der Waals surface area contributed by atoms with Gasteiger partial charge >= 0.3 is 0 Å². The Balaban J connectivity index is 1.70. The number of anilines is 2. The molecular weight excluding hydrogens is 324 g/mol. The molecule has 3 heterocycles. The number of hydrogen-bond donors (Lipinski definition) is 1. The molecule has 0 unspecified atom stereocenters. The summed E-state index contributed by atoms with van der Waals surface area (Å²) in [6.45, 7) is 0. The minimum Gasteiger partial charge on any atom is -0.340 e. The highest BCUT2D eigenvalue weighted by atomic mass is 19.1. The summed E-state index contributed by atoms with van der Waals surface area (Å²) in [5.41, 5.74) is 3.51. The number of pyridine rings is 2. The number of aromatic nitrogens is 4. The Labute approximate surface area is 142 Å². The van der Waals surface area contributed by atoms with Crippen molar-refractivity contribution in [3.63, 3.8) is 0 Å². The second-order valence-electron chi connectivity index (χ2n) is 5.64. The van der Waals surface area contributed by atoms with Gasteiger partial charge in [-0.3, -0.25) is 9.67 Å². The molecule has 5 nitrogen and oxygen atoms in total. The van der Waals surface area contributed by atoms with Crippen LogP contribution in [0.25, 0.3) is 22.2 Å². The van der Waals surface area contributed by atoms with E-state index in [-0.39, 0.29) is 0 Å². The van der Waals surface area contributed by atoms with Gasteiger partial charge < -0.3 is 5.32 Å². The van der Waals surface area contributed by atoms with Crippen molar-refractivity contribution in [2.45, 2.75) is 0 Å². The topological polar surface area (TPSA) is 55.6 Å². The second-order valence-corrected chi connectivity index (χ2v) is 5.64. The maximum atomic E-state index is 13.3. The number of nitrogens with one attached hydrogen (secondary N) is 1. The number of nitrogens with zero attached hydrogens (tertiary/aromatic N) is 4. The maximum Gasteiger partial charge on any atom is 0.131 e. The van der Waals surface area contributed by atoms with Crippen LogP contribution in [0.3, 0.4) is 0 Å². The molecule has 0 atom stereocenters. The standard InChI is InChI=1S/C18H13F2N5/c1-25-10-12(9-22-25)11-4-17-16(21-8-11)2-3-18(24-17)23-15-6-13(19)5-14(20)7-15/h2-10H,1H3,(H,23,24). The lowest BCUT2D eigenvalue weighted by molar-refractivity contribution is 0.584. The normalized spacial score (nSPS) is 11.0.